The molecule has 0 bridgehead atoms. The number of carbonyl (C=O) groups is 1. The molecule has 8 heteroatoms. The van der Waals surface area contributed by atoms with Gasteiger partial charge in [0.1, 0.15) is 28.4 Å². The lowest BCUT2D eigenvalue weighted by molar-refractivity contribution is -0.0247. The van der Waals surface area contributed by atoms with E-state index >= 15 is 0 Å². The largest absolute Gasteiger partial charge is 0.485 e. The maximum atomic E-state index is 13.8. The van der Waals surface area contributed by atoms with E-state index in [0.29, 0.717) is 45.7 Å². The topological polar surface area (TPSA) is 55.6 Å². The second-order valence-corrected chi connectivity index (χ2v) is 9.82. The Bertz CT molecular complexity index is 1190. The zero-order chi connectivity index (χ0) is 21.8. The Morgan fingerprint density at radius 3 is 2.77 bits per heavy atom. The molecule has 2 aliphatic rings. The van der Waals surface area contributed by atoms with Crippen LogP contribution in [0.5, 0.6) is 5.75 Å². The highest BCUT2D eigenvalue weighted by atomic mass is 79.9. The van der Waals surface area contributed by atoms with Crippen molar-refractivity contribution in [2.75, 3.05) is 6.54 Å². The molecule has 0 atom stereocenters. The van der Waals surface area contributed by atoms with Crippen molar-refractivity contribution in [2.45, 2.75) is 38.3 Å². The Morgan fingerprint density at radius 1 is 1.23 bits per heavy atom. The SMILES string of the molecule is Cc1onc(-c2cccc(Cl)c2Cl)c1C(=O)N1Cc2cc(Br)ccc2OC2(CCC2)C1. The van der Waals surface area contributed by atoms with Gasteiger partial charge in [-0.2, -0.15) is 0 Å². The molecule has 1 aliphatic heterocycles. The average molecular weight is 522 g/mol. The van der Waals surface area contributed by atoms with E-state index in [4.69, 9.17) is 32.5 Å². The predicted molar refractivity (Wildman–Crippen MR) is 123 cm³/mol. The molecule has 1 aliphatic carbocycles. The van der Waals surface area contributed by atoms with Gasteiger partial charge in [0.05, 0.1) is 16.6 Å². The fourth-order valence-electron chi connectivity index (χ4n) is 4.27. The van der Waals surface area contributed by atoms with Crippen molar-refractivity contribution in [1.82, 2.24) is 10.1 Å². The lowest BCUT2D eigenvalue weighted by atomic mass is 9.79. The van der Waals surface area contributed by atoms with E-state index in [1.807, 2.05) is 23.1 Å². The van der Waals surface area contributed by atoms with Gasteiger partial charge in [0.2, 0.25) is 0 Å². The van der Waals surface area contributed by atoms with E-state index in [-0.39, 0.29) is 11.5 Å². The second kappa shape index (κ2) is 7.84. The predicted octanol–water partition coefficient (Wildman–Crippen LogP) is 6.68. The van der Waals surface area contributed by atoms with Crippen LogP contribution in [0, 0.1) is 6.92 Å². The Morgan fingerprint density at radius 2 is 2.03 bits per heavy atom. The summed E-state index contributed by atoms with van der Waals surface area (Å²) >= 11 is 16.2. The lowest BCUT2D eigenvalue weighted by Gasteiger charge is -2.43. The molecule has 2 aromatic carbocycles. The molecule has 2 heterocycles. The molecule has 1 aromatic heterocycles. The van der Waals surface area contributed by atoms with Crippen LogP contribution in [0.4, 0.5) is 0 Å². The third-order valence-electron chi connectivity index (χ3n) is 6.02. The van der Waals surface area contributed by atoms with Gasteiger partial charge >= 0.3 is 0 Å². The molecule has 5 rings (SSSR count). The summed E-state index contributed by atoms with van der Waals surface area (Å²) in [5, 5.41) is 4.89. The molecule has 1 saturated carbocycles. The minimum absolute atomic E-state index is 0.160. The number of aryl methyl sites for hydroxylation is 1. The van der Waals surface area contributed by atoms with Gasteiger partial charge in [-0.25, -0.2) is 0 Å². The summed E-state index contributed by atoms with van der Waals surface area (Å²) in [4.78, 5) is 15.7. The molecule has 1 amide bonds. The summed E-state index contributed by atoms with van der Waals surface area (Å²) in [7, 11) is 0. The van der Waals surface area contributed by atoms with E-state index in [1.54, 1.807) is 25.1 Å². The number of hydrogen-bond acceptors (Lipinski definition) is 4. The maximum absolute atomic E-state index is 13.8. The summed E-state index contributed by atoms with van der Waals surface area (Å²) in [6, 6.07) is 11.2. The maximum Gasteiger partial charge on any atom is 0.260 e. The zero-order valence-corrected chi connectivity index (χ0v) is 19.9. The summed E-state index contributed by atoms with van der Waals surface area (Å²) in [6.07, 6.45) is 2.92. The van der Waals surface area contributed by atoms with Crippen molar-refractivity contribution in [2.24, 2.45) is 0 Å². The van der Waals surface area contributed by atoms with Crippen LogP contribution in [0.1, 0.15) is 40.9 Å². The summed E-state index contributed by atoms with van der Waals surface area (Å²) in [6.45, 7) is 2.67. The quantitative estimate of drug-likeness (QED) is 0.377. The standard InChI is InChI=1S/C23H19BrCl2N2O3/c1-13-19(21(27-31-13)16-4-2-5-17(25)20(16)26)22(29)28-11-14-10-15(24)6-7-18(14)30-23(12-28)8-3-9-23/h2,4-7,10H,3,8-9,11-12H2,1H3. The van der Waals surface area contributed by atoms with Gasteiger partial charge in [-0.1, -0.05) is 56.4 Å². The first-order valence-electron chi connectivity index (χ1n) is 10.0. The Balaban J connectivity index is 1.57. The molecule has 5 nitrogen and oxygen atoms in total. The Kier molecular flexibility index (Phi) is 5.27. The number of nitrogens with zero attached hydrogens (tertiary/aromatic N) is 2. The molecule has 31 heavy (non-hydrogen) atoms. The molecule has 160 valence electrons. The van der Waals surface area contributed by atoms with Gasteiger partial charge in [-0.15, -0.1) is 0 Å². The smallest absolute Gasteiger partial charge is 0.260 e. The Hall–Kier alpha value is -2.02. The van der Waals surface area contributed by atoms with Crippen molar-refractivity contribution in [3.8, 4) is 17.0 Å². The molecular formula is C23H19BrCl2N2O3. The van der Waals surface area contributed by atoms with Crippen molar-refractivity contribution in [1.29, 1.82) is 0 Å². The molecule has 0 radical (unpaired) electrons. The number of halogens is 3. The Labute approximate surface area is 198 Å². The third-order valence-corrected chi connectivity index (χ3v) is 7.34. The monoisotopic (exact) mass is 520 g/mol. The molecule has 0 unspecified atom stereocenters. The summed E-state index contributed by atoms with van der Waals surface area (Å²) in [5.74, 6) is 1.11. The van der Waals surface area contributed by atoms with E-state index < -0.39 is 0 Å². The van der Waals surface area contributed by atoms with Crippen LogP contribution in [-0.4, -0.2) is 28.1 Å². The number of rotatable bonds is 2. The fraction of sp³-hybridized carbons (Fsp3) is 0.304. The molecule has 1 fully saturated rings. The molecular weight excluding hydrogens is 503 g/mol. The number of fused-ring (bicyclic) bond motifs is 1. The van der Waals surface area contributed by atoms with Gasteiger partial charge in [-0.3, -0.25) is 4.79 Å². The van der Waals surface area contributed by atoms with Crippen LogP contribution in [0.3, 0.4) is 0 Å². The number of hydrogen-bond donors (Lipinski definition) is 0. The summed E-state index contributed by atoms with van der Waals surface area (Å²) in [5.41, 5.74) is 1.98. The van der Waals surface area contributed by atoms with Gasteiger partial charge in [0.15, 0.2) is 0 Å². The van der Waals surface area contributed by atoms with Gasteiger partial charge in [-0.05, 0) is 50.5 Å². The van der Waals surface area contributed by atoms with Crippen molar-refractivity contribution >= 4 is 45.0 Å². The van der Waals surface area contributed by atoms with Crippen LogP contribution in [0.15, 0.2) is 45.4 Å². The van der Waals surface area contributed by atoms with Crippen molar-refractivity contribution in [3.05, 3.63) is 67.8 Å². The first kappa shape index (κ1) is 20.9. The fourth-order valence-corrected chi connectivity index (χ4v) is 5.07. The normalized spacial score (nSPS) is 17.0. The lowest BCUT2D eigenvalue weighted by Crippen LogP contribution is -2.52. The zero-order valence-electron chi connectivity index (χ0n) is 16.8. The van der Waals surface area contributed by atoms with E-state index in [9.17, 15) is 4.79 Å². The third kappa shape index (κ3) is 3.65. The van der Waals surface area contributed by atoms with Crippen molar-refractivity contribution < 1.29 is 14.1 Å². The molecule has 1 spiro atoms. The summed E-state index contributed by atoms with van der Waals surface area (Å²) < 4.78 is 12.8. The van der Waals surface area contributed by atoms with Gasteiger partial charge in [0, 0.05) is 22.1 Å². The average Bonchev–Trinajstić information content (AvgIpc) is 2.99. The minimum Gasteiger partial charge on any atom is -0.485 e. The van der Waals surface area contributed by atoms with Crippen LogP contribution >= 0.6 is 39.1 Å². The van der Waals surface area contributed by atoms with Crippen LogP contribution in [-0.2, 0) is 6.54 Å². The van der Waals surface area contributed by atoms with Crippen molar-refractivity contribution in [3.63, 3.8) is 0 Å². The second-order valence-electron chi connectivity index (χ2n) is 8.12. The van der Waals surface area contributed by atoms with E-state index in [0.717, 1.165) is 35.0 Å². The number of ether oxygens (including phenoxy) is 1. The van der Waals surface area contributed by atoms with Gasteiger partial charge in [0.25, 0.3) is 5.91 Å². The number of aromatic nitrogens is 1. The first-order valence-corrected chi connectivity index (χ1v) is 11.6. The van der Waals surface area contributed by atoms with E-state index in [2.05, 4.69) is 21.1 Å². The van der Waals surface area contributed by atoms with Crippen LogP contribution in [0.2, 0.25) is 10.0 Å². The number of carbonyl (C=O) groups excluding carboxylic acids is 1. The highest BCUT2D eigenvalue weighted by Gasteiger charge is 2.45. The first-order chi connectivity index (χ1) is 14.9. The molecule has 0 saturated heterocycles. The van der Waals surface area contributed by atoms with Crippen LogP contribution in [0.25, 0.3) is 11.3 Å². The number of benzene rings is 2. The molecule has 0 N–H and O–H groups in total. The number of amides is 1. The minimum atomic E-state index is -0.353. The molecule has 3 aromatic rings. The highest BCUT2D eigenvalue weighted by Crippen LogP contribution is 2.43. The van der Waals surface area contributed by atoms with Crippen LogP contribution < -0.4 is 4.74 Å². The van der Waals surface area contributed by atoms with Gasteiger partial charge < -0.3 is 14.2 Å². The highest BCUT2D eigenvalue weighted by molar-refractivity contribution is 9.10. The van der Waals surface area contributed by atoms with E-state index in [1.165, 1.54) is 0 Å².